The summed E-state index contributed by atoms with van der Waals surface area (Å²) in [5.74, 6) is -1.40. The SMILES string of the molecule is CO[C@@H]1C(CO)O[C@@H](O[C@@H]2C(CO)O[C@@H](C)C(NC(C)=O)C2O)C(NC(C)=O)[C@H]1O.CO[C@@H]1OC(CO)[C@@H](O[C@@H]2OC(CO)[C@@H](C)[C@H](O)C2O)C(O)C1O. The molecule has 0 aromatic rings. The van der Waals surface area contributed by atoms with E-state index in [1.165, 1.54) is 28.1 Å². The first-order valence-electron chi connectivity index (χ1n) is 17.5. The van der Waals surface area contributed by atoms with Gasteiger partial charge in [0.1, 0.15) is 73.2 Å². The number of rotatable bonds is 12. The van der Waals surface area contributed by atoms with Gasteiger partial charge in [-0.2, -0.15) is 0 Å². The lowest BCUT2D eigenvalue weighted by atomic mass is 9.91. The monoisotopic (exact) mass is 790 g/mol. The van der Waals surface area contributed by atoms with Gasteiger partial charge in [0.15, 0.2) is 18.9 Å². The highest BCUT2D eigenvalue weighted by Gasteiger charge is 2.52. The summed E-state index contributed by atoms with van der Waals surface area (Å²) in [6.45, 7) is 3.84. The molecule has 12 N–H and O–H groups in total. The fourth-order valence-corrected chi connectivity index (χ4v) is 6.87. The third kappa shape index (κ3) is 10.8. The van der Waals surface area contributed by atoms with E-state index in [-0.39, 0.29) is 5.91 Å². The molecular formula is C32H58N2O20. The maximum absolute atomic E-state index is 11.7. The number of carbonyl (C=O) groups excluding carboxylic acids is 2. The van der Waals surface area contributed by atoms with Crippen molar-refractivity contribution in [1.29, 1.82) is 0 Å². The Bertz CT molecular complexity index is 1160. The van der Waals surface area contributed by atoms with Gasteiger partial charge in [0.05, 0.1) is 50.8 Å². The summed E-state index contributed by atoms with van der Waals surface area (Å²) in [5, 5.41) is 105. The van der Waals surface area contributed by atoms with Crippen LogP contribution in [-0.2, 0) is 47.5 Å². The van der Waals surface area contributed by atoms with Crippen molar-refractivity contribution in [2.45, 2.75) is 144 Å². The smallest absolute Gasteiger partial charge is 0.217 e. The average Bonchev–Trinajstić information content (AvgIpc) is 3.14. The Balaban J connectivity index is 0.000000297. The molecule has 4 heterocycles. The quantitative estimate of drug-likeness (QED) is 0.0874. The van der Waals surface area contributed by atoms with Crippen molar-refractivity contribution in [1.82, 2.24) is 10.6 Å². The number of methoxy groups -OCH3 is 2. The van der Waals surface area contributed by atoms with E-state index in [1.807, 2.05) is 0 Å². The van der Waals surface area contributed by atoms with Crippen LogP contribution in [0.15, 0.2) is 0 Å². The molecule has 0 radical (unpaired) electrons. The summed E-state index contributed by atoms with van der Waals surface area (Å²) in [5.41, 5.74) is 0. The minimum atomic E-state index is -1.49. The van der Waals surface area contributed by atoms with Crippen LogP contribution in [0.1, 0.15) is 27.7 Å². The molecule has 20 atom stereocenters. The zero-order valence-corrected chi connectivity index (χ0v) is 30.9. The van der Waals surface area contributed by atoms with Crippen LogP contribution in [0.3, 0.4) is 0 Å². The Morgan fingerprint density at radius 1 is 0.519 bits per heavy atom. The van der Waals surface area contributed by atoms with E-state index in [2.05, 4.69) is 10.6 Å². The number of nitrogens with one attached hydrogen (secondary N) is 2. The second kappa shape index (κ2) is 21.1. The average molecular weight is 791 g/mol. The molecule has 22 heteroatoms. The number of amides is 2. The first-order chi connectivity index (χ1) is 25.5. The lowest BCUT2D eigenvalue weighted by molar-refractivity contribution is -0.353. The molecule has 4 rings (SSSR count). The molecule has 0 aliphatic carbocycles. The highest BCUT2D eigenvalue weighted by Crippen LogP contribution is 2.32. The van der Waals surface area contributed by atoms with Gasteiger partial charge in [0, 0.05) is 34.0 Å². The summed E-state index contributed by atoms with van der Waals surface area (Å²) in [6.07, 6.45) is -19.7. The van der Waals surface area contributed by atoms with Crippen molar-refractivity contribution in [2.75, 3.05) is 40.6 Å². The molecule has 0 saturated carbocycles. The molecular weight excluding hydrogens is 732 g/mol. The van der Waals surface area contributed by atoms with Crippen LogP contribution in [0.5, 0.6) is 0 Å². The van der Waals surface area contributed by atoms with E-state index >= 15 is 0 Å². The van der Waals surface area contributed by atoms with E-state index in [0.717, 1.165) is 0 Å². The van der Waals surface area contributed by atoms with Crippen LogP contribution in [-0.4, -0.2) is 220 Å². The molecule has 0 spiro atoms. The predicted molar refractivity (Wildman–Crippen MR) is 177 cm³/mol. The molecule has 0 aromatic carbocycles. The molecule has 4 aliphatic heterocycles. The van der Waals surface area contributed by atoms with Gasteiger partial charge in [-0.3, -0.25) is 9.59 Å². The summed E-state index contributed by atoms with van der Waals surface area (Å²) in [4.78, 5) is 23.2. The summed E-state index contributed by atoms with van der Waals surface area (Å²) in [7, 11) is 2.60. The normalized spacial score (nSPS) is 45.5. The summed E-state index contributed by atoms with van der Waals surface area (Å²) < 4.78 is 43.5. The van der Waals surface area contributed by atoms with E-state index in [4.69, 9.17) is 37.9 Å². The Kier molecular flexibility index (Phi) is 18.2. The van der Waals surface area contributed by atoms with E-state index in [9.17, 15) is 60.7 Å². The molecule has 54 heavy (non-hydrogen) atoms. The van der Waals surface area contributed by atoms with Crippen molar-refractivity contribution >= 4 is 11.8 Å². The maximum atomic E-state index is 11.7. The lowest BCUT2D eigenvalue weighted by Crippen LogP contribution is -2.69. The first-order valence-corrected chi connectivity index (χ1v) is 17.5. The summed E-state index contributed by atoms with van der Waals surface area (Å²) in [6, 6.07) is -1.93. The number of aliphatic hydroxyl groups excluding tert-OH is 10. The lowest BCUT2D eigenvalue weighted by Gasteiger charge is -2.48. The highest BCUT2D eigenvalue weighted by molar-refractivity contribution is 5.73. The van der Waals surface area contributed by atoms with Gasteiger partial charge < -0.3 is 99.6 Å². The molecule has 4 aliphatic rings. The molecule has 22 nitrogen and oxygen atoms in total. The Hall–Kier alpha value is -1.78. The number of hydrogen-bond acceptors (Lipinski definition) is 20. The minimum Gasteiger partial charge on any atom is -0.394 e. The largest absolute Gasteiger partial charge is 0.394 e. The van der Waals surface area contributed by atoms with Crippen LogP contribution < -0.4 is 10.6 Å². The van der Waals surface area contributed by atoms with Gasteiger partial charge in [-0.1, -0.05) is 6.92 Å². The van der Waals surface area contributed by atoms with E-state index in [1.54, 1.807) is 13.8 Å². The fraction of sp³-hybridized carbons (Fsp3) is 0.938. The van der Waals surface area contributed by atoms with Gasteiger partial charge in [-0.05, 0) is 6.92 Å². The van der Waals surface area contributed by atoms with Crippen molar-refractivity contribution < 1.29 is 98.5 Å². The number of aliphatic hydroxyl groups is 10. The van der Waals surface area contributed by atoms with Crippen molar-refractivity contribution in [2.24, 2.45) is 5.92 Å². The van der Waals surface area contributed by atoms with E-state index < -0.39 is 155 Å². The van der Waals surface area contributed by atoms with Gasteiger partial charge in [-0.25, -0.2) is 0 Å². The zero-order valence-electron chi connectivity index (χ0n) is 30.9. The van der Waals surface area contributed by atoms with Crippen molar-refractivity contribution in [3.63, 3.8) is 0 Å². The number of hydrogen-bond donors (Lipinski definition) is 12. The second-order valence-electron chi connectivity index (χ2n) is 13.6. The predicted octanol–water partition coefficient (Wildman–Crippen LogP) is -6.85. The fourth-order valence-electron chi connectivity index (χ4n) is 6.87. The van der Waals surface area contributed by atoms with E-state index in [0.29, 0.717) is 0 Å². The highest BCUT2D eigenvalue weighted by atomic mass is 16.7. The third-order valence-electron chi connectivity index (χ3n) is 9.89. The van der Waals surface area contributed by atoms with Crippen LogP contribution in [0.4, 0.5) is 0 Å². The van der Waals surface area contributed by atoms with Crippen molar-refractivity contribution in [3.8, 4) is 0 Å². The first kappa shape index (κ1) is 46.6. The molecule has 10 unspecified atom stereocenters. The van der Waals surface area contributed by atoms with Gasteiger partial charge in [0.2, 0.25) is 11.8 Å². The number of carbonyl (C=O) groups is 2. The van der Waals surface area contributed by atoms with Crippen LogP contribution >= 0.6 is 0 Å². The molecule has 2 amide bonds. The molecule has 0 bridgehead atoms. The maximum Gasteiger partial charge on any atom is 0.217 e. The second-order valence-corrected chi connectivity index (χ2v) is 13.6. The summed E-state index contributed by atoms with van der Waals surface area (Å²) >= 11 is 0. The Labute approximate surface area is 311 Å². The molecule has 4 saturated heterocycles. The number of ether oxygens (including phenoxy) is 8. The molecule has 4 fully saturated rings. The van der Waals surface area contributed by atoms with Gasteiger partial charge in [-0.15, -0.1) is 0 Å². The Morgan fingerprint density at radius 2 is 0.944 bits per heavy atom. The third-order valence-corrected chi connectivity index (χ3v) is 9.89. The zero-order chi connectivity index (χ0) is 40.6. The van der Waals surface area contributed by atoms with Crippen LogP contribution in [0.25, 0.3) is 0 Å². The van der Waals surface area contributed by atoms with Gasteiger partial charge >= 0.3 is 0 Å². The van der Waals surface area contributed by atoms with Crippen molar-refractivity contribution in [3.05, 3.63) is 0 Å². The Morgan fingerprint density at radius 3 is 1.46 bits per heavy atom. The minimum absolute atomic E-state index is 0.389. The molecule has 316 valence electrons. The standard InChI is InChI=1S/C18H32N2O10.C14H26O10/c1-7-12(19-8(2)23)14(25)17(11(6-22)28-7)30-18-13(20-9(3)24)15(26)16(27-4)10(5-21)29-18;1-5-6(3-15)22-14(10(19)8(5)17)24-12-7(4-16)23-13(21-2)11(20)9(12)18/h7,10-18,21-22,25-26H,5-6H2,1-4H3,(H,19,23)(H,20,24);5-20H,3-4H2,1-2H3/t7-,10?,11?,12?,13?,14?,15+,16+,17+,18-;5-,6?,7?,8+,9?,10?,11?,12-,13-,14+/m01/s1. The molecule has 0 aromatic heterocycles. The van der Waals surface area contributed by atoms with Crippen LogP contribution in [0, 0.1) is 5.92 Å². The topological polar surface area (TPSA) is 334 Å². The van der Waals surface area contributed by atoms with Gasteiger partial charge in [0.25, 0.3) is 0 Å². The van der Waals surface area contributed by atoms with Crippen LogP contribution in [0.2, 0.25) is 0 Å².